The molecule has 0 aliphatic rings. The Hall–Kier alpha value is -3.46. The number of para-hydroxylation sites is 3. The third kappa shape index (κ3) is 4.52. The fraction of sp³-hybridized carbons (Fsp3) is 0.0500. The molecule has 3 aromatic rings. The Balaban J connectivity index is 1.98. The van der Waals surface area contributed by atoms with Crippen molar-refractivity contribution < 1.29 is 31.5 Å². The van der Waals surface area contributed by atoms with Crippen molar-refractivity contribution >= 4 is 21.7 Å². The zero-order valence-corrected chi connectivity index (χ0v) is 15.9. The topological polar surface area (TPSA) is 81.7 Å². The summed E-state index contributed by atoms with van der Waals surface area (Å²) in [5.74, 6) is -3.10. The van der Waals surface area contributed by atoms with Crippen LogP contribution in [-0.4, -0.2) is 21.5 Å². The van der Waals surface area contributed by atoms with Crippen LogP contribution in [0.5, 0.6) is 11.5 Å². The van der Waals surface area contributed by atoms with Crippen molar-refractivity contribution in [3.63, 3.8) is 0 Å². The number of rotatable bonds is 6. The van der Waals surface area contributed by atoms with Gasteiger partial charge < -0.3 is 9.47 Å². The van der Waals surface area contributed by atoms with Crippen LogP contribution in [0, 0.1) is 11.6 Å². The van der Waals surface area contributed by atoms with Gasteiger partial charge in [-0.3, -0.25) is 4.72 Å². The first-order valence-electron chi connectivity index (χ1n) is 8.24. The number of carbonyl (C=O) groups is 1. The Morgan fingerprint density at radius 2 is 1.59 bits per heavy atom. The Morgan fingerprint density at radius 3 is 2.28 bits per heavy atom. The molecule has 0 amide bonds. The molecule has 0 fully saturated rings. The van der Waals surface area contributed by atoms with Gasteiger partial charge in [-0.15, -0.1) is 0 Å². The van der Waals surface area contributed by atoms with Gasteiger partial charge in [-0.05, 0) is 30.3 Å². The number of hydrogen-bond donors (Lipinski definition) is 1. The Bertz CT molecular complexity index is 1150. The minimum absolute atomic E-state index is 0.0275. The summed E-state index contributed by atoms with van der Waals surface area (Å²) in [5.41, 5.74) is -0.678. The lowest BCUT2D eigenvalue weighted by Gasteiger charge is -2.14. The lowest BCUT2D eigenvalue weighted by Crippen LogP contribution is -2.17. The molecule has 29 heavy (non-hydrogen) atoms. The van der Waals surface area contributed by atoms with E-state index >= 15 is 0 Å². The number of esters is 1. The van der Waals surface area contributed by atoms with Gasteiger partial charge in [0.25, 0.3) is 10.0 Å². The molecule has 3 rings (SSSR count). The Labute approximate surface area is 165 Å². The number of methoxy groups -OCH3 is 1. The van der Waals surface area contributed by atoms with Crippen LogP contribution < -0.4 is 9.46 Å². The van der Waals surface area contributed by atoms with Gasteiger partial charge in [0.1, 0.15) is 22.3 Å². The smallest absolute Gasteiger partial charge is 0.340 e. The number of sulfonamides is 1. The highest BCUT2D eigenvalue weighted by molar-refractivity contribution is 7.92. The van der Waals surface area contributed by atoms with Crippen LogP contribution >= 0.6 is 0 Å². The predicted molar refractivity (Wildman–Crippen MR) is 101 cm³/mol. The van der Waals surface area contributed by atoms with Gasteiger partial charge in [-0.25, -0.2) is 22.0 Å². The maximum atomic E-state index is 14.2. The lowest BCUT2D eigenvalue weighted by atomic mass is 10.2. The average molecular weight is 419 g/mol. The molecule has 0 aliphatic heterocycles. The fourth-order valence-electron chi connectivity index (χ4n) is 2.46. The molecule has 3 aromatic carbocycles. The summed E-state index contributed by atoms with van der Waals surface area (Å²) < 4.78 is 65.7. The van der Waals surface area contributed by atoms with Crippen LogP contribution in [0.25, 0.3) is 0 Å². The zero-order chi connectivity index (χ0) is 21.0. The van der Waals surface area contributed by atoms with E-state index in [1.54, 1.807) is 42.5 Å². The molecule has 1 N–H and O–H groups in total. The third-order valence-electron chi connectivity index (χ3n) is 3.82. The first-order valence-corrected chi connectivity index (χ1v) is 9.72. The van der Waals surface area contributed by atoms with E-state index in [0.717, 1.165) is 7.11 Å². The van der Waals surface area contributed by atoms with E-state index in [1.807, 2.05) is 0 Å². The van der Waals surface area contributed by atoms with Crippen molar-refractivity contribution in [1.82, 2.24) is 0 Å². The molecule has 0 atom stereocenters. The first kappa shape index (κ1) is 20.3. The van der Waals surface area contributed by atoms with Crippen LogP contribution in [0.1, 0.15) is 10.4 Å². The molecule has 0 bridgehead atoms. The molecule has 0 radical (unpaired) electrons. The zero-order valence-electron chi connectivity index (χ0n) is 15.1. The number of hydrogen-bond acceptors (Lipinski definition) is 5. The molecule has 0 saturated carbocycles. The molecule has 0 aromatic heterocycles. The van der Waals surface area contributed by atoms with Crippen molar-refractivity contribution in [2.24, 2.45) is 0 Å². The van der Waals surface area contributed by atoms with Crippen molar-refractivity contribution in [2.45, 2.75) is 4.90 Å². The second-order valence-electron chi connectivity index (χ2n) is 5.77. The molecule has 0 unspecified atom stereocenters. The van der Waals surface area contributed by atoms with E-state index in [0.29, 0.717) is 17.9 Å². The maximum Gasteiger partial charge on any atom is 0.340 e. The number of benzene rings is 3. The van der Waals surface area contributed by atoms with Gasteiger partial charge in [0.2, 0.25) is 0 Å². The highest BCUT2D eigenvalue weighted by atomic mass is 32.2. The van der Waals surface area contributed by atoms with Gasteiger partial charge in [-0.2, -0.15) is 0 Å². The molecule has 0 aliphatic carbocycles. The second kappa shape index (κ2) is 8.27. The molecule has 0 spiro atoms. The van der Waals surface area contributed by atoms with E-state index in [1.165, 1.54) is 12.1 Å². The normalized spacial score (nSPS) is 11.0. The molecule has 9 heteroatoms. The van der Waals surface area contributed by atoms with Gasteiger partial charge >= 0.3 is 5.97 Å². The summed E-state index contributed by atoms with van der Waals surface area (Å²) in [6, 6.07) is 15.6. The molecular weight excluding hydrogens is 404 g/mol. The van der Waals surface area contributed by atoms with E-state index in [9.17, 15) is 22.0 Å². The van der Waals surface area contributed by atoms with Gasteiger partial charge in [0, 0.05) is 6.07 Å². The molecule has 0 heterocycles. The average Bonchev–Trinajstić information content (AvgIpc) is 2.69. The van der Waals surface area contributed by atoms with Crippen LogP contribution in [0.3, 0.4) is 0 Å². The maximum absolute atomic E-state index is 14.2. The van der Waals surface area contributed by atoms with Crippen molar-refractivity contribution in [3.8, 4) is 11.5 Å². The van der Waals surface area contributed by atoms with E-state index in [-0.39, 0.29) is 11.4 Å². The van der Waals surface area contributed by atoms with Crippen LogP contribution in [0.2, 0.25) is 0 Å². The van der Waals surface area contributed by atoms with Crippen LogP contribution in [-0.2, 0) is 14.8 Å². The summed E-state index contributed by atoms with van der Waals surface area (Å²) >= 11 is 0. The van der Waals surface area contributed by atoms with Gasteiger partial charge in [0.15, 0.2) is 5.75 Å². The molecular formula is C20H15F2NO5S. The number of carbonyl (C=O) groups excluding carboxylic acids is 1. The molecule has 150 valence electrons. The highest BCUT2D eigenvalue weighted by Crippen LogP contribution is 2.31. The minimum atomic E-state index is -4.52. The van der Waals surface area contributed by atoms with Gasteiger partial charge in [-0.1, -0.05) is 30.3 Å². The number of halogens is 2. The predicted octanol–water partition coefficient (Wildman–Crippen LogP) is 4.34. The minimum Gasteiger partial charge on any atom is -0.465 e. The highest BCUT2D eigenvalue weighted by Gasteiger charge is 2.25. The quantitative estimate of drug-likeness (QED) is 0.601. The summed E-state index contributed by atoms with van der Waals surface area (Å²) in [4.78, 5) is 10.7. The van der Waals surface area contributed by atoms with Crippen molar-refractivity contribution in [1.29, 1.82) is 0 Å². The number of ether oxygens (including phenoxy) is 2. The first-order chi connectivity index (χ1) is 13.8. The third-order valence-corrected chi connectivity index (χ3v) is 5.20. The second-order valence-corrected chi connectivity index (χ2v) is 7.42. The van der Waals surface area contributed by atoms with E-state index < -0.39 is 38.1 Å². The molecule has 6 nitrogen and oxygen atoms in total. The summed E-state index contributed by atoms with van der Waals surface area (Å²) in [5, 5.41) is 0. The molecule has 0 saturated heterocycles. The summed E-state index contributed by atoms with van der Waals surface area (Å²) in [6.07, 6.45) is 0. The fourth-order valence-corrected chi connectivity index (χ4v) is 3.61. The summed E-state index contributed by atoms with van der Waals surface area (Å²) in [6.45, 7) is 0. The SMILES string of the molecule is COC(=O)c1cc(S(=O)(=O)Nc2ccccc2Oc2ccccc2)c(F)cc1F. The Kier molecular flexibility index (Phi) is 5.79. The summed E-state index contributed by atoms with van der Waals surface area (Å²) in [7, 11) is -3.52. The van der Waals surface area contributed by atoms with Crippen molar-refractivity contribution in [2.75, 3.05) is 11.8 Å². The lowest BCUT2D eigenvalue weighted by molar-refractivity contribution is 0.0595. The monoisotopic (exact) mass is 419 g/mol. The van der Waals surface area contributed by atoms with E-state index in [4.69, 9.17) is 4.74 Å². The van der Waals surface area contributed by atoms with Crippen molar-refractivity contribution in [3.05, 3.63) is 83.9 Å². The largest absolute Gasteiger partial charge is 0.465 e. The van der Waals surface area contributed by atoms with E-state index in [2.05, 4.69) is 9.46 Å². The number of nitrogens with one attached hydrogen (secondary N) is 1. The number of anilines is 1. The standard InChI is InChI=1S/C20H15F2NO5S/c1-27-20(24)14-11-19(16(22)12-15(14)21)29(25,26)23-17-9-5-6-10-18(17)28-13-7-3-2-4-8-13/h2-12,23H,1H3. The van der Waals surface area contributed by atoms with Crippen LogP contribution in [0.15, 0.2) is 71.6 Å². The Morgan fingerprint density at radius 1 is 0.931 bits per heavy atom. The van der Waals surface area contributed by atoms with Crippen LogP contribution in [0.4, 0.5) is 14.5 Å². The van der Waals surface area contributed by atoms with Gasteiger partial charge in [0.05, 0.1) is 18.4 Å².